The van der Waals surface area contributed by atoms with E-state index in [4.69, 9.17) is 4.74 Å². The van der Waals surface area contributed by atoms with Gasteiger partial charge < -0.3 is 14.9 Å². The molecule has 1 saturated heterocycles. The van der Waals surface area contributed by atoms with E-state index in [0.717, 1.165) is 11.1 Å². The van der Waals surface area contributed by atoms with Crippen LogP contribution in [0.1, 0.15) is 11.1 Å². The Hall–Kier alpha value is -1.79. The van der Waals surface area contributed by atoms with E-state index in [-0.39, 0.29) is 13.2 Å². The number of likely N-dealkylation sites (tertiary alicyclic amines) is 1. The highest BCUT2D eigenvalue weighted by atomic mass is 19.1. The first-order valence-corrected chi connectivity index (χ1v) is 8.55. The summed E-state index contributed by atoms with van der Waals surface area (Å²) in [5.41, 5.74) is 1.99. The summed E-state index contributed by atoms with van der Waals surface area (Å²) in [5, 5.41) is 19.7. The zero-order chi connectivity index (χ0) is 17.6. The standard InChI is InChI=1S/C20H24FNO3/c21-17-12-22(11-15-7-3-1-4-8-15)19(18(24)13-23)20(17)25-14-16-9-5-2-6-10-16/h1-10,17-20,23-24H,11-14H2/t17-,18+,19-,20+/m1/s1. The molecule has 0 spiro atoms. The molecule has 0 aliphatic carbocycles. The predicted octanol–water partition coefficient (Wildman–Crippen LogP) is 2.15. The normalized spacial score (nSPS) is 25.2. The maximum atomic E-state index is 14.6. The average molecular weight is 345 g/mol. The molecule has 0 amide bonds. The molecule has 1 fully saturated rings. The Morgan fingerprint density at radius 3 is 2.24 bits per heavy atom. The Kier molecular flexibility index (Phi) is 6.15. The lowest BCUT2D eigenvalue weighted by Gasteiger charge is -2.31. The molecule has 134 valence electrons. The highest BCUT2D eigenvalue weighted by Crippen LogP contribution is 2.29. The zero-order valence-corrected chi connectivity index (χ0v) is 14.0. The van der Waals surface area contributed by atoms with Crippen LogP contribution in [0.5, 0.6) is 0 Å². The van der Waals surface area contributed by atoms with Gasteiger partial charge in [0.25, 0.3) is 0 Å². The number of hydrogen-bond acceptors (Lipinski definition) is 4. The lowest BCUT2D eigenvalue weighted by molar-refractivity contribution is -0.0626. The van der Waals surface area contributed by atoms with Crippen molar-refractivity contribution < 1.29 is 19.3 Å². The molecule has 0 unspecified atom stereocenters. The van der Waals surface area contributed by atoms with Crippen molar-refractivity contribution in [2.45, 2.75) is 37.6 Å². The van der Waals surface area contributed by atoms with Crippen LogP contribution in [0.2, 0.25) is 0 Å². The lowest BCUT2D eigenvalue weighted by Crippen LogP contribution is -2.47. The average Bonchev–Trinajstić information content (AvgIpc) is 2.96. The molecule has 4 atom stereocenters. The molecule has 0 aromatic heterocycles. The second-order valence-electron chi connectivity index (χ2n) is 6.43. The van der Waals surface area contributed by atoms with Crippen LogP contribution in [0, 0.1) is 0 Å². The van der Waals surface area contributed by atoms with Crippen molar-refractivity contribution in [3.63, 3.8) is 0 Å². The van der Waals surface area contributed by atoms with Crippen LogP contribution >= 0.6 is 0 Å². The van der Waals surface area contributed by atoms with Crippen molar-refractivity contribution >= 4 is 0 Å². The number of rotatable bonds is 7. The summed E-state index contributed by atoms with van der Waals surface area (Å²) in [7, 11) is 0. The van der Waals surface area contributed by atoms with Gasteiger partial charge in [0.05, 0.1) is 25.4 Å². The molecule has 1 aliphatic rings. The molecule has 0 bridgehead atoms. The van der Waals surface area contributed by atoms with Gasteiger partial charge in [-0.2, -0.15) is 0 Å². The molecular formula is C20H24FNO3. The van der Waals surface area contributed by atoms with Gasteiger partial charge in [-0.15, -0.1) is 0 Å². The third kappa shape index (κ3) is 4.44. The molecule has 5 heteroatoms. The maximum Gasteiger partial charge on any atom is 0.140 e. The predicted molar refractivity (Wildman–Crippen MR) is 93.6 cm³/mol. The van der Waals surface area contributed by atoms with Gasteiger partial charge in [-0.05, 0) is 11.1 Å². The van der Waals surface area contributed by atoms with Crippen LogP contribution in [-0.4, -0.2) is 52.7 Å². The number of ether oxygens (including phenoxy) is 1. The molecule has 0 radical (unpaired) electrons. The van der Waals surface area contributed by atoms with Gasteiger partial charge in [0, 0.05) is 13.1 Å². The Morgan fingerprint density at radius 1 is 1.04 bits per heavy atom. The number of aliphatic hydroxyl groups excluding tert-OH is 2. The number of alkyl halides is 1. The minimum atomic E-state index is -1.21. The van der Waals surface area contributed by atoms with Crippen LogP contribution in [0.25, 0.3) is 0 Å². The molecule has 1 heterocycles. The number of hydrogen-bond donors (Lipinski definition) is 2. The molecule has 0 saturated carbocycles. The summed E-state index contributed by atoms with van der Waals surface area (Å²) >= 11 is 0. The Bertz CT molecular complexity index is 640. The number of nitrogens with zero attached hydrogens (tertiary/aromatic N) is 1. The molecule has 2 aromatic rings. The summed E-state index contributed by atoms with van der Waals surface area (Å²) in [4.78, 5) is 1.86. The molecule has 1 aliphatic heterocycles. The monoisotopic (exact) mass is 345 g/mol. The van der Waals surface area contributed by atoms with Crippen LogP contribution in [0.4, 0.5) is 4.39 Å². The van der Waals surface area contributed by atoms with Crippen molar-refractivity contribution in [1.82, 2.24) is 4.90 Å². The summed E-state index contributed by atoms with van der Waals surface area (Å²) in [6, 6.07) is 18.7. The third-order valence-corrected chi connectivity index (χ3v) is 4.62. The highest BCUT2D eigenvalue weighted by molar-refractivity contribution is 5.16. The largest absolute Gasteiger partial charge is 0.394 e. The fraction of sp³-hybridized carbons (Fsp3) is 0.400. The Balaban J connectivity index is 1.72. The smallest absolute Gasteiger partial charge is 0.140 e. The first-order valence-electron chi connectivity index (χ1n) is 8.55. The maximum absolute atomic E-state index is 14.6. The highest BCUT2D eigenvalue weighted by Gasteiger charge is 2.46. The Labute approximate surface area is 147 Å². The van der Waals surface area contributed by atoms with Crippen molar-refractivity contribution in [1.29, 1.82) is 0 Å². The molecule has 2 aromatic carbocycles. The second kappa shape index (κ2) is 8.54. The van der Waals surface area contributed by atoms with E-state index in [1.807, 2.05) is 65.6 Å². The van der Waals surface area contributed by atoms with E-state index < -0.39 is 31.0 Å². The molecular weight excluding hydrogens is 321 g/mol. The van der Waals surface area contributed by atoms with E-state index in [1.54, 1.807) is 0 Å². The number of benzene rings is 2. The molecule has 4 nitrogen and oxygen atoms in total. The van der Waals surface area contributed by atoms with Gasteiger partial charge in [0.2, 0.25) is 0 Å². The van der Waals surface area contributed by atoms with Crippen molar-refractivity contribution in [2.24, 2.45) is 0 Å². The first-order chi connectivity index (χ1) is 12.2. The van der Waals surface area contributed by atoms with Crippen LogP contribution < -0.4 is 0 Å². The molecule has 3 rings (SSSR count). The fourth-order valence-electron chi connectivity index (χ4n) is 3.40. The summed E-state index contributed by atoms with van der Waals surface area (Å²) in [6.45, 7) is 0.540. The van der Waals surface area contributed by atoms with Crippen molar-refractivity contribution in [3.05, 3.63) is 71.8 Å². The lowest BCUT2D eigenvalue weighted by atomic mass is 10.0. The number of halogens is 1. The van der Waals surface area contributed by atoms with Crippen LogP contribution in [0.15, 0.2) is 60.7 Å². The SMILES string of the molecule is OC[C@H](O)[C@@H]1[C@@H](OCc2ccccc2)[C@H](F)CN1Cc1ccccc1. The van der Waals surface area contributed by atoms with E-state index >= 15 is 0 Å². The first kappa shape index (κ1) is 18.0. The van der Waals surface area contributed by atoms with E-state index in [9.17, 15) is 14.6 Å². The topological polar surface area (TPSA) is 52.9 Å². The molecule has 25 heavy (non-hydrogen) atoms. The summed E-state index contributed by atoms with van der Waals surface area (Å²) in [5.74, 6) is 0. The minimum Gasteiger partial charge on any atom is -0.394 e. The van der Waals surface area contributed by atoms with Crippen molar-refractivity contribution in [2.75, 3.05) is 13.2 Å². The summed E-state index contributed by atoms with van der Waals surface area (Å²) in [6.07, 6.45) is -3.03. The third-order valence-electron chi connectivity index (χ3n) is 4.62. The van der Waals surface area contributed by atoms with Gasteiger partial charge in [0.15, 0.2) is 0 Å². The van der Waals surface area contributed by atoms with E-state index in [1.165, 1.54) is 0 Å². The zero-order valence-electron chi connectivity index (χ0n) is 14.0. The van der Waals surface area contributed by atoms with Gasteiger partial charge in [-0.3, -0.25) is 4.90 Å². The Morgan fingerprint density at radius 2 is 1.64 bits per heavy atom. The number of aliphatic hydroxyl groups is 2. The van der Waals surface area contributed by atoms with E-state index in [0.29, 0.717) is 6.54 Å². The minimum absolute atomic E-state index is 0.177. The fourth-order valence-corrected chi connectivity index (χ4v) is 3.40. The van der Waals surface area contributed by atoms with Gasteiger partial charge in [-0.1, -0.05) is 60.7 Å². The van der Waals surface area contributed by atoms with Gasteiger partial charge >= 0.3 is 0 Å². The quantitative estimate of drug-likeness (QED) is 0.807. The van der Waals surface area contributed by atoms with Gasteiger partial charge in [0.1, 0.15) is 12.3 Å². The summed E-state index contributed by atoms with van der Waals surface area (Å²) < 4.78 is 20.4. The van der Waals surface area contributed by atoms with Gasteiger partial charge in [-0.25, -0.2) is 4.39 Å². The van der Waals surface area contributed by atoms with Crippen LogP contribution in [-0.2, 0) is 17.9 Å². The van der Waals surface area contributed by atoms with Crippen LogP contribution in [0.3, 0.4) is 0 Å². The second-order valence-corrected chi connectivity index (χ2v) is 6.43. The molecule has 2 N–H and O–H groups in total. The van der Waals surface area contributed by atoms with Crippen molar-refractivity contribution in [3.8, 4) is 0 Å². The van der Waals surface area contributed by atoms with E-state index in [2.05, 4.69) is 0 Å².